The minimum absolute atomic E-state index is 0.0482. The molecule has 0 radical (unpaired) electrons. The second kappa shape index (κ2) is 9.34. The van der Waals surface area contributed by atoms with Gasteiger partial charge in [-0.2, -0.15) is 0 Å². The van der Waals surface area contributed by atoms with Crippen LogP contribution in [0.2, 0.25) is 0 Å². The third-order valence-electron chi connectivity index (χ3n) is 5.71. The highest BCUT2D eigenvalue weighted by Gasteiger charge is 2.25. The summed E-state index contributed by atoms with van der Waals surface area (Å²) in [4.78, 5) is 23.7. The van der Waals surface area contributed by atoms with Gasteiger partial charge in [0.1, 0.15) is 5.52 Å². The van der Waals surface area contributed by atoms with E-state index in [-0.39, 0.29) is 11.8 Å². The molecule has 2 aromatic heterocycles. The molecule has 0 saturated carbocycles. The number of anilines is 1. The summed E-state index contributed by atoms with van der Waals surface area (Å²) in [5, 5.41) is 2.99. The molecular weight excluding hydrogens is 402 g/mol. The molecule has 0 spiro atoms. The van der Waals surface area contributed by atoms with E-state index in [2.05, 4.69) is 20.2 Å². The maximum atomic E-state index is 13.8. The lowest BCUT2D eigenvalue weighted by atomic mass is 9.95. The summed E-state index contributed by atoms with van der Waals surface area (Å²) in [6.07, 6.45) is 3.49. The van der Waals surface area contributed by atoms with Crippen molar-refractivity contribution in [2.45, 2.75) is 19.3 Å². The number of hydrogen-bond acceptors (Lipinski definition) is 5. The molecule has 8 heteroatoms. The van der Waals surface area contributed by atoms with Gasteiger partial charge in [0, 0.05) is 24.7 Å². The molecule has 3 aromatic rings. The third-order valence-corrected chi connectivity index (χ3v) is 5.71. The first-order valence-corrected chi connectivity index (χ1v) is 10.3. The van der Waals surface area contributed by atoms with Crippen molar-refractivity contribution in [2.24, 2.45) is 5.92 Å². The summed E-state index contributed by atoms with van der Waals surface area (Å²) < 4.78 is 32.4. The van der Waals surface area contributed by atoms with E-state index in [1.807, 2.05) is 0 Å². The van der Waals surface area contributed by atoms with E-state index in [4.69, 9.17) is 4.74 Å². The quantitative estimate of drug-likeness (QED) is 0.649. The van der Waals surface area contributed by atoms with E-state index in [1.165, 1.54) is 6.07 Å². The van der Waals surface area contributed by atoms with Crippen LogP contribution in [-0.4, -0.2) is 47.5 Å². The Morgan fingerprint density at radius 2 is 2.00 bits per heavy atom. The number of aromatic nitrogens is 2. The zero-order valence-electron chi connectivity index (χ0n) is 17.3. The second-order valence-electron chi connectivity index (χ2n) is 7.65. The van der Waals surface area contributed by atoms with Crippen LogP contribution >= 0.6 is 0 Å². The number of pyridine rings is 2. The molecule has 4 rings (SSSR count). The Kier molecular flexibility index (Phi) is 6.36. The van der Waals surface area contributed by atoms with E-state index >= 15 is 0 Å². The molecule has 1 saturated heterocycles. The second-order valence-corrected chi connectivity index (χ2v) is 7.65. The molecule has 0 aliphatic carbocycles. The number of halogens is 2. The lowest BCUT2D eigenvalue weighted by Gasteiger charge is -2.31. The van der Waals surface area contributed by atoms with E-state index < -0.39 is 11.6 Å². The van der Waals surface area contributed by atoms with Gasteiger partial charge in [-0.05, 0) is 56.1 Å². The molecule has 0 atom stereocenters. The van der Waals surface area contributed by atoms with Crippen molar-refractivity contribution >= 4 is 22.6 Å². The van der Waals surface area contributed by atoms with Gasteiger partial charge in [0.15, 0.2) is 11.6 Å². The Morgan fingerprint density at radius 1 is 1.19 bits per heavy atom. The van der Waals surface area contributed by atoms with Crippen LogP contribution in [0, 0.1) is 17.6 Å². The van der Waals surface area contributed by atoms with Crippen LogP contribution in [0.4, 0.5) is 14.5 Å². The highest BCUT2D eigenvalue weighted by molar-refractivity contribution is 6.00. The van der Waals surface area contributed by atoms with Gasteiger partial charge in [-0.15, -0.1) is 0 Å². The van der Waals surface area contributed by atoms with Crippen molar-refractivity contribution in [1.29, 1.82) is 0 Å². The van der Waals surface area contributed by atoms with Crippen molar-refractivity contribution < 1.29 is 18.3 Å². The molecule has 0 unspecified atom stereocenters. The highest BCUT2D eigenvalue weighted by atomic mass is 19.2. The topological polar surface area (TPSA) is 67.3 Å². The van der Waals surface area contributed by atoms with Crippen LogP contribution in [-0.2, 0) is 11.2 Å². The summed E-state index contributed by atoms with van der Waals surface area (Å²) in [6.45, 7) is 2.10. The third kappa shape index (κ3) is 4.80. The van der Waals surface area contributed by atoms with Gasteiger partial charge in [-0.3, -0.25) is 9.78 Å². The Hall–Kier alpha value is -3.13. The number of carbonyl (C=O) groups excluding carboxylic acids is 1. The van der Waals surface area contributed by atoms with Gasteiger partial charge < -0.3 is 15.0 Å². The minimum atomic E-state index is -0.816. The Labute approximate surface area is 179 Å². The van der Waals surface area contributed by atoms with Crippen molar-refractivity contribution in [3.63, 3.8) is 0 Å². The first-order chi connectivity index (χ1) is 15.0. The number of hydrogen-bond donors (Lipinski definition) is 1. The lowest BCUT2D eigenvalue weighted by Crippen LogP contribution is -2.39. The molecule has 3 heterocycles. The average molecular weight is 426 g/mol. The summed E-state index contributed by atoms with van der Waals surface area (Å²) in [6, 6.07) is 9.53. The van der Waals surface area contributed by atoms with Gasteiger partial charge in [-0.25, -0.2) is 13.8 Å². The maximum Gasteiger partial charge on any atom is 0.227 e. The van der Waals surface area contributed by atoms with Crippen molar-refractivity contribution in [3.8, 4) is 5.88 Å². The first-order valence-electron chi connectivity index (χ1n) is 10.3. The maximum absolute atomic E-state index is 13.8. The number of rotatable bonds is 6. The van der Waals surface area contributed by atoms with Gasteiger partial charge in [0.05, 0.1) is 18.3 Å². The van der Waals surface area contributed by atoms with Crippen molar-refractivity contribution in [3.05, 3.63) is 59.8 Å². The van der Waals surface area contributed by atoms with Crippen LogP contribution in [0.15, 0.2) is 42.6 Å². The fourth-order valence-corrected chi connectivity index (χ4v) is 3.90. The number of nitrogens with zero attached hydrogens (tertiary/aromatic N) is 3. The van der Waals surface area contributed by atoms with Gasteiger partial charge in [-0.1, -0.05) is 12.1 Å². The molecule has 1 N–H and O–H groups in total. The average Bonchev–Trinajstić information content (AvgIpc) is 2.80. The number of amides is 1. The molecule has 162 valence electrons. The molecular formula is C23H24F2N4O2. The van der Waals surface area contributed by atoms with Gasteiger partial charge >= 0.3 is 0 Å². The van der Waals surface area contributed by atoms with E-state index in [0.29, 0.717) is 54.0 Å². The van der Waals surface area contributed by atoms with Gasteiger partial charge in [0.2, 0.25) is 11.8 Å². The number of piperidine rings is 1. The largest absolute Gasteiger partial charge is 0.481 e. The summed E-state index contributed by atoms with van der Waals surface area (Å²) in [7, 11) is 1.54. The summed E-state index contributed by atoms with van der Waals surface area (Å²) in [5.74, 6) is -1.29. The molecule has 1 aliphatic heterocycles. The number of likely N-dealkylation sites (tertiary alicyclic amines) is 1. The fourth-order valence-electron chi connectivity index (χ4n) is 3.90. The first kappa shape index (κ1) is 21.1. The van der Waals surface area contributed by atoms with Crippen molar-refractivity contribution in [2.75, 3.05) is 32.1 Å². The SMILES string of the molecule is COc1ccc2nccc(NC(=O)C3CCN(CCc4cccc(F)c4F)CC3)c2n1. The number of carbonyl (C=O) groups is 1. The zero-order valence-corrected chi connectivity index (χ0v) is 17.3. The van der Waals surface area contributed by atoms with Crippen LogP contribution in [0.1, 0.15) is 18.4 Å². The number of methoxy groups -OCH3 is 1. The monoisotopic (exact) mass is 426 g/mol. The fraction of sp³-hybridized carbons (Fsp3) is 0.348. The summed E-state index contributed by atoms with van der Waals surface area (Å²) >= 11 is 0. The normalized spacial score (nSPS) is 15.2. The van der Waals surface area contributed by atoms with Crippen LogP contribution < -0.4 is 10.1 Å². The van der Waals surface area contributed by atoms with Crippen molar-refractivity contribution in [1.82, 2.24) is 14.9 Å². The van der Waals surface area contributed by atoms with Crippen LogP contribution in [0.5, 0.6) is 5.88 Å². The van der Waals surface area contributed by atoms with E-state index in [1.54, 1.807) is 37.6 Å². The molecule has 1 aliphatic rings. The standard InChI is InChI=1S/C23H24F2N4O2/c1-31-20-6-5-18-22(28-20)19(7-11-26-18)27-23(30)16-9-13-29(14-10-16)12-8-15-3-2-4-17(24)21(15)25/h2-7,11,16H,8-10,12-14H2,1H3,(H,26,27,30). The predicted octanol–water partition coefficient (Wildman–Crippen LogP) is 3.81. The van der Waals surface area contributed by atoms with Gasteiger partial charge in [0.25, 0.3) is 0 Å². The van der Waals surface area contributed by atoms with E-state index in [9.17, 15) is 13.6 Å². The number of nitrogens with one attached hydrogen (secondary N) is 1. The molecule has 1 fully saturated rings. The molecule has 1 aromatic carbocycles. The zero-order chi connectivity index (χ0) is 21.8. The number of ether oxygens (including phenoxy) is 1. The lowest BCUT2D eigenvalue weighted by molar-refractivity contribution is -0.121. The van der Waals surface area contributed by atoms with Crippen LogP contribution in [0.3, 0.4) is 0 Å². The summed E-state index contributed by atoms with van der Waals surface area (Å²) in [5.41, 5.74) is 2.26. The van der Waals surface area contributed by atoms with Crippen LogP contribution in [0.25, 0.3) is 11.0 Å². The Morgan fingerprint density at radius 3 is 2.77 bits per heavy atom. The minimum Gasteiger partial charge on any atom is -0.481 e. The molecule has 6 nitrogen and oxygen atoms in total. The molecule has 0 bridgehead atoms. The Bertz CT molecular complexity index is 1080. The highest BCUT2D eigenvalue weighted by Crippen LogP contribution is 2.25. The smallest absolute Gasteiger partial charge is 0.227 e. The molecule has 31 heavy (non-hydrogen) atoms. The van der Waals surface area contributed by atoms with E-state index in [0.717, 1.165) is 19.2 Å². The number of fused-ring (bicyclic) bond motifs is 1. The molecule has 1 amide bonds. The number of benzene rings is 1. The predicted molar refractivity (Wildman–Crippen MR) is 114 cm³/mol. The Balaban J connectivity index is 1.33.